The van der Waals surface area contributed by atoms with Gasteiger partial charge in [-0.15, -0.1) is 0 Å². The topological polar surface area (TPSA) is 67.4 Å². The predicted octanol–water partition coefficient (Wildman–Crippen LogP) is 4.67. The summed E-state index contributed by atoms with van der Waals surface area (Å²) in [6, 6.07) is 17.7. The maximum Gasteiger partial charge on any atom is 0.273 e. The molecule has 1 N–H and O–H groups in total. The van der Waals surface area contributed by atoms with Crippen molar-refractivity contribution in [1.82, 2.24) is 14.9 Å². The number of rotatable bonds is 9. The number of carbonyl (C=O) groups excluding carboxylic acids is 1. The first-order valence-corrected chi connectivity index (χ1v) is 9.77. The first-order valence-electron chi connectivity index (χ1n) is 9.77. The summed E-state index contributed by atoms with van der Waals surface area (Å²) in [6.07, 6.45) is 5.09. The lowest BCUT2D eigenvalue weighted by Gasteiger charge is -2.16. The van der Waals surface area contributed by atoms with Crippen LogP contribution in [0.3, 0.4) is 0 Å². The highest BCUT2D eigenvalue weighted by Crippen LogP contribution is 2.19. The van der Waals surface area contributed by atoms with Crippen LogP contribution in [0.15, 0.2) is 67.0 Å². The average molecular weight is 390 g/mol. The van der Waals surface area contributed by atoms with Crippen molar-refractivity contribution in [2.24, 2.45) is 0 Å². The molecule has 3 rings (SSSR count). The van der Waals surface area contributed by atoms with Crippen LogP contribution in [0.2, 0.25) is 0 Å². The number of ether oxygens (including phenoxy) is 1. The van der Waals surface area contributed by atoms with Gasteiger partial charge in [-0.2, -0.15) is 0 Å². The van der Waals surface area contributed by atoms with Crippen LogP contribution in [0.4, 0.5) is 11.5 Å². The molecule has 29 heavy (non-hydrogen) atoms. The Morgan fingerprint density at radius 2 is 1.79 bits per heavy atom. The van der Waals surface area contributed by atoms with Gasteiger partial charge in [-0.05, 0) is 36.2 Å². The fraction of sp³-hybridized carbons (Fsp3) is 0.261. The van der Waals surface area contributed by atoms with Gasteiger partial charge in [-0.3, -0.25) is 4.79 Å². The molecular weight excluding hydrogens is 364 g/mol. The Labute approximate surface area is 171 Å². The van der Waals surface area contributed by atoms with Crippen molar-refractivity contribution in [2.75, 3.05) is 18.9 Å². The number of hydrogen-bond acceptors (Lipinski definition) is 5. The second-order valence-corrected chi connectivity index (χ2v) is 6.79. The van der Waals surface area contributed by atoms with Crippen molar-refractivity contribution < 1.29 is 9.53 Å². The number of anilines is 2. The minimum atomic E-state index is -0.114. The number of nitrogens with zero attached hydrogens (tertiary/aromatic N) is 3. The highest BCUT2D eigenvalue weighted by Gasteiger charge is 2.13. The Bertz CT molecular complexity index is 896. The molecular formula is C23H26N4O2. The second kappa shape index (κ2) is 10.2. The zero-order chi connectivity index (χ0) is 20.5. The molecule has 1 aromatic heterocycles. The first kappa shape index (κ1) is 20.3. The molecule has 1 heterocycles. The third-order valence-electron chi connectivity index (χ3n) is 4.44. The van der Waals surface area contributed by atoms with Crippen molar-refractivity contribution in [1.29, 1.82) is 0 Å². The summed E-state index contributed by atoms with van der Waals surface area (Å²) in [5.41, 5.74) is 2.34. The summed E-state index contributed by atoms with van der Waals surface area (Å²) in [4.78, 5) is 22.5. The van der Waals surface area contributed by atoms with E-state index in [1.54, 1.807) is 18.1 Å². The van der Waals surface area contributed by atoms with Crippen LogP contribution in [-0.2, 0) is 6.61 Å². The highest BCUT2D eigenvalue weighted by molar-refractivity contribution is 5.91. The third-order valence-corrected chi connectivity index (χ3v) is 4.44. The standard InChI is InChI=1S/C23H26N4O2/c1-3-4-14-27(2)23(28)21-15-25-22(16-24-21)26-19-10-12-20(13-11-19)29-17-18-8-6-5-7-9-18/h5-13,15-16H,3-4,14,17H2,1-2H3,(H,25,26). The molecule has 1 amide bonds. The fourth-order valence-electron chi connectivity index (χ4n) is 2.72. The number of nitrogens with one attached hydrogen (secondary N) is 1. The van der Waals surface area contributed by atoms with E-state index in [9.17, 15) is 4.79 Å². The summed E-state index contributed by atoms with van der Waals surface area (Å²) in [7, 11) is 1.78. The lowest BCUT2D eigenvalue weighted by Crippen LogP contribution is -2.28. The first-order chi connectivity index (χ1) is 14.2. The van der Waals surface area contributed by atoms with Crippen LogP contribution in [0.25, 0.3) is 0 Å². The van der Waals surface area contributed by atoms with E-state index in [0.717, 1.165) is 36.4 Å². The second-order valence-electron chi connectivity index (χ2n) is 6.79. The summed E-state index contributed by atoms with van der Waals surface area (Å²) in [5.74, 6) is 1.26. The van der Waals surface area contributed by atoms with Crippen LogP contribution in [-0.4, -0.2) is 34.4 Å². The van der Waals surface area contributed by atoms with Crippen LogP contribution >= 0.6 is 0 Å². The van der Waals surface area contributed by atoms with Crippen LogP contribution in [0, 0.1) is 0 Å². The molecule has 0 aliphatic heterocycles. The molecule has 6 nitrogen and oxygen atoms in total. The number of aromatic nitrogens is 2. The van der Waals surface area contributed by atoms with E-state index in [0.29, 0.717) is 18.1 Å². The van der Waals surface area contributed by atoms with Crippen molar-refractivity contribution in [3.8, 4) is 5.75 Å². The summed E-state index contributed by atoms with van der Waals surface area (Å²) in [5, 5.41) is 3.18. The van der Waals surface area contributed by atoms with Gasteiger partial charge >= 0.3 is 0 Å². The molecule has 0 bridgehead atoms. The molecule has 150 valence electrons. The van der Waals surface area contributed by atoms with Gasteiger partial charge in [0.15, 0.2) is 0 Å². The molecule has 0 saturated carbocycles. The zero-order valence-corrected chi connectivity index (χ0v) is 16.8. The van der Waals surface area contributed by atoms with Crippen molar-refractivity contribution >= 4 is 17.4 Å². The molecule has 6 heteroatoms. The molecule has 2 aromatic carbocycles. The van der Waals surface area contributed by atoms with Crippen LogP contribution in [0.1, 0.15) is 35.8 Å². The molecule has 0 spiro atoms. The molecule has 0 unspecified atom stereocenters. The molecule has 0 radical (unpaired) electrons. The predicted molar refractivity (Wildman–Crippen MR) is 114 cm³/mol. The molecule has 0 fully saturated rings. The maximum absolute atomic E-state index is 12.3. The Kier molecular flexibility index (Phi) is 7.16. The average Bonchev–Trinajstić information content (AvgIpc) is 2.77. The van der Waals surface area contributed by atoms with Gasteiger partial charge in [0, 0.05) is 19.3 Å². The van der Waals surface area contributed by atoms with Gasteiger partial charge in [0.2, 0.25) is 0 Å². The summed E-state index contributed by atoms with van der Waals surface area (Å²) < 4.78 is 5.79. The minimum absolute atomic E-state index is 0.114. The van der Waals surface area contributed by atoms with Crippen LogP contribution in [0.5, 0.6) is 5.75 Å². The molecule has 0 saturated heterocycles. The van der Waals surface area contributed by atoms with Gasteiger partial charge in [0.1, 0.15) is 23.9 Å². The van der Waals surface area contributed by atoms with E-state index >= 15 is 0 Å². The Morgan fingerprint density at radius 1 is 1.03 bits per heavy atom. The maximum atomic E-state index is 12.3. The molecule has 0 aliphatic rings. The molecule has 0 aliphatic carbocycles. The summed E-state index contributed by atoms with van der Waals surface area (Å²) in [6.45, 7) is 3.34. The Balaban J connectivity index is 1.54. The van der Waals surface area contributed by atoms with E-state index in [2.05, 4.69) is 22.2 Å². The van der Waals surface area contributed by atoms with Crippen molar-refractivity contribution in [2.45, 2.75) is 26.4 Å². The van der Waals surface area contributed by atoms with Gasteiger partial charge in [-0.25, -0.2) is 9.97 Å². The lowest BCUT2D eigenvalue weighted by atomic mass is 10.2. The smallest absolute Gasteiger partial charge is 0.273 e. The Morgan fingerprint density at radius 3 is 2.45 bits per heavy atom. The SMILES string of the molecule is CCCCN(C)C(=O)c1cnc(Nc2ccc(OCc3ccccc3)cc2)cn1. The van der Waals surface area contributed by atoms with E-state index in [1.165, 1.54) is 6.20 Å². The van der Waals surface area contributed by atoms with Crippen molar-refractivity contribution in [3.63, 3.8) is 0 Å². The number of hydrogen-bond donors (Lipinski definition) is 1. The van der Waals surface area contributed by atoms with Gasteiger partial charge in [0.25, 0.3) is 5.91 Å². The van der Waals surface area contributed by atoms with E-state index in [-0.39, 0.29) is 5.91 Å². The monoisotopic (exact) mass is 390 g/mol. The molecule has 0 atom stereocenters. The number of benzene rings is 2. The number of carbonyl (C=O) groups is 1. The lowest BCUT2D eigenvalue weighted by molar-refractivity contribution is 0.0787. The zero-order valence-electron chi connectivity index (χ0n) is 16.8. The van der Waals surface area contributed by atoms with E-state index in [4.69, 9.17) is 4.74 Å². The summed E-state index contributed by atoms with van der Waals surface area (Å²) >= 11 is 0. The van der Waals surface area contributed by atoms with Gasteiger partial charge in [-0.1, -0.05) is 43.7 Å². The van der Waals surface area contributed by atoms with Crippen LogP contribution < -0.4 is 10.1 Å². The number of unbranched alkanes of at least 4 members (excludes halogenated alkanes) is 1. The van der Waals surface area contributed by atoms with Crippen molar-refractivity contribution in [3.05, 3.63) is 78.2 Å². The normalized spacial score (nSPS) is 10.4. The van der Waals surface area contributed by atoms with E-state index < -0.39 is 0 Å². The van der Waals surface area contributed by atoms with E-state index in [1.807, 2.05) is 54.6 Å². The third kappa shape index (κ3) is 6.04. The highest BCUT2D eigenvalue weighted by atomic mass is 16.5. The minimum Gasteiger partial charge on any atom is -0.489 e. The largest absolute Gasteiger partial charge is 0.489 e. The molecule has 3 aromatic rings. The Hall–Kier alpha value is -3.41. The van der Waals surface area contributed by atoms with Gasteiger partial charge < -0.3 is 15.0 Å². The fourth-order valence-corrected chi connectivity index (χ4v) is 2.72. The quantitative estimate of drug-likeness (QED) is 0.575. The number of amides is 1. The van der Waals surface area contributed by atoms with Gasteiger partial charge in [0.05, 0.1) is 12.4 Å².